The Balaban J connectivity index is 3.61. The summed E-state index contributed by atoms with van der Waals surface area (Å²) in [6, 6.07) is 2.15. The molecule has 0 amide bonds. The summed E-state index contributed by atoms with van der Waals surface area (Å²) in [5.74, 6) is -0.000236. The summed E-state index contributed by atoms with van der Waals surface area (Å²) in [5.41, 5.74) is 0. The van der Waals surface area contributed by atoms with Crippen LogP contribution in [0.5, 0.6) is 0 Å². The van der Waals surface area contributed by atoms with E-state index >= 15 is 0 Å². The second-order valence-corrected chi connectivity index (χ2v) is 3.36. The maximum Gasteiger partial charge on any atom is 0.0899 e. The van der Waals surface area contributed by atoms with Gasteiger partial charge in [0, 0.05) is 20.2 Å². The van der Waals surface area contributed by atoms with Crippen LogP contribution in [0.4, 0.5) is 0 Å². The fourth-order valence-electron chi connectivity index (χ4n) is 1.19. The molecule has 2 atom stereocenters. The number of nitrogens with zero attached hydrogens (tertiary/aromatic N) is 2. The fraction of sp³-hybridized carbons (Fsp3) is 0.889. The molecule has 0 fully saturated rings. The van der Waals surface area contributed by atoms with Gasteiger partial charge in [-0.05, 0) is 14.0 Å². The minimum atomic E-state index is -0.471. The van der Waals surface area contributed by atoms with Crippen LogP contribution in [0.2, 0.25) is 0 Å². The van der Waals surface area contributed by atoms with Gasteiger partial charge in [-0.3, -0.25) is 0 Å². The lowest BCUT2D eigenvalue weighted by Gasteiger charge is -2.20. The standard InChI is InChI=1S/C9H18N2O2/c1-8(4-10)5-11(2)6-9(12)7-13-3/h8-9,12H,5-7H2,1-3H3. The number of nitriles is 1. The monoisotopic (exact) mass is 186 g/mol. The summed E-state index contributed by atoms with van der Waals surface area (Å²) in [6.07, 6.45) is -0.471. The van der Waals surface area contributed by atoms with Gasteiger partial charge < -0.3 is 14.7 Å². The Morgan fingerprint density at radius 3 is 2.62 bits per heavy atom. The van der Waals surface area contributed by atoms with Crippen molar-refractivity contribution >= 4 is 0 Å². The van der Waals surface area contributed by atoms with Crippen LogP contribution in [0.25, 0.3) is 0 Å². The fourth-order valence-corrected chi connectivity index (χ4v) is 1.19. The minimum Gasteiger partial charge on any atom is -0.389 e. The van der Waals surface area contributed by atoms with Gasteiger partial charge in [-0.25, -0.2) is 0 Å². The van der Waals surface area contributed by atoms with Gasteiger partial charge in [0.25, 0.3) is 0 Å². The van der Waals surface area contributed by atoms with Gasteiger partial charge in [0.1, 0.15) is 0 Å². The van der Waals surface area contributed by atoms with Gasteiger partial charge in [-0.1, -0.05) is 0 Å². The number of ether oxygens (including phenoxy) is 1. The maximum atomic E-state index is 9.36. The molecule has 4 nitrogen and oxygen atoms in total. The molecular formula is C9H18N2O2. The molecule has 0 aromatic heterocycles. The van der Waals surface area contributed by atoms with Crippen molar-refractivity contribution in [1.82, 2.24) is 4.90 Å². The minimum absolute atomic E-state index is 0.000236. The topological polar surface area (TPSA) is 56.5 Å². The summed E-state index contributed by atoms with van der Waals surface area (Å²) in [5, 5.41) is 17.9. The molecule has 13 heavy (non-hydrogen) atoms. The highest BCUT2D eigenvalue weighted by atomic mass is 16.5. The summed E-state index contributed by atoms with van der Waals surface area (Å²) in [4.78, 5) is 1.93. The molecule has 1 N–H and O–H groups in total. The Hall–Kier alpha value is -0.630. The van der Waals surface area contributed by atoms with Crippen LogP contribution < -0.4 is 0 Å². The van der Waals surface area contributed by atoms with Crippen LogP contribution in [0.3, 0.4) is 0 Å². The van der Waals surface area contributed by atoms with E-state index in [9.17, 15) is 5.11 Å². The predicted octanol–water partition coefficient (Wildman–Crippen LogP) is 0.0852. The molecule has 4 heteroatoms. The smallest absolute Gasteiger partial charge is 0.0899 e. The Morgan fingerprint density at radius 2 is 2.15 bits per heavy atom. The Kier molecular flexibility index (Phi) is 6.51. The molecule has 0 spiro atoms. The number of methoxy groups -OCH3 is 1. The van der Waals surface area contributed by atoms with Crippen LogP contribution >= 0.6 is 0 Å². The number of likely N-dealkylation sites (N-methyl/N-ethyl adjacent to an activating group) is 1. The van der Waals surface area contributed by atoms with E-state index in [4.69, 9.17) is 10.00 Å². The Morgan fingerprint density at radius 1 is 1.54 bits per heavy atom. The highest BCUT2D eigenvalue weighted by Crippen LogP contribution is 1.97. The van der Waals surface area contributed by atoms with E-state index in [-0.39, 0.29) is 5.92 Å². The quantitative estimate of drug-likeness (QED) is 0.638. The van der Waals surface area contributed by atoms with E-state index < -0.39 is 6.10 Å². The average Bonchev–Trinajstić information content (AvgIpc) is 2.04. The van der Waals surface area contributed by atoms with Crippen molar-refractivity contribution in [3.63, 3.8) is 0 Å². The number of hydrogen-bond acceptors (Lipinski definition) is 4. The molecule has 0 heterocycles. The van der Waals surface area contributed by atoms with Gasteiger partial charge in [-0.15, -0.1) is 0 Å². The molecule has 0 saturated carbocycles. The zero-order valence-electron chi connectivity index (χ0n) is 8.53. The molecule has 0 aromatic carbocycles. The lowest BCUT2D eigenvalue weighted by atomic mass is 10.2. The molecule has 0 aliphatic carbocycles. The lowest BCUT2D eigenvalue weighted by Crippen LogP contribution is -2.34. The first-order valence-electron chi connectivity index (χ1n) is 4.35. The van der Waals surface area contributed by atoms with Gasteiger partial charge in [0.05, 0.1) is 24.7 Å². The van der Waals surface area contributed by atoms with E-state index in [0.29, 0.717) is 19.7 Å². The van der Waals surface area contributed by atoms with Crippen molar-refractivity contribution < 1.29 is 9.84 Å². The van der Waals surface area contributed by atoms with Crippen LogP contribution in [-0.2, 0) is 4.74 Å². The SMILES string of the molecule is COCC(O)CN(C)CC(C)C#N. The molecule has 0 bridgehead atoms. The molecule has 0 rings (SSSR count). The molecule has 0 aliphatic rings. The van der Waals surface area contributed by atoms with Crippen molar-refractivity contribution in [2.45, 2.75) is 13.0 Å². The first kappa shape index (κ1) is 12.4. The third kappa shape index (κ3) is 6.52. The van der Waals surface area contributed by atoms with E-state index in [1.165, 1.54) is 0 Å². The van der Waals surface area contributed by atoms with Crippen molar-refractivity contribution in [2.75, 3.05) is 33.9 Å². The Bertz CT molecular complexity index is 167. The third-order valence-electron chi connectivity index (χ3n) is 1.69. The highest BCUT2D eigenvalue weighted by molar-refractivity contribution is 4.81. The van der Waals surface area contributed by atoms with Crippen LogP contribution in [-0.4, -0.2) is 50.0 Å². The molecule has 76 valence electrons. The number of rotatable bonds is 6. The average molecular weight is 186 g/mol. The first-order chi connectivity index (χ1) is 6.10. The van der Waals surface area contributed by atoms with Crippen molar-refractivity contribution in [3.8, 4) is 6.07 Å². The molecular weight excluding hydrogens is 168 g/mol. The van der Waals surface area contributed by atoms with E-state index in [2.05, 4.69) is 6.07 Å². The number of hydrogen-bond donors (Lipinski definition) is 1. The summed E-state index contributed by atoms with van der Waals surface area (Å²) in [7, 11) is 3.44. The van der Waals surface area contributed by atoms with E-state index in [1.54, 1.807) is 7.11 Å². The lowest BCUT2D eigenvalue weighted by molar-refractivity contribution is 0.0420. The van der Waals surface area contributed by atoms with E-state index in [0.717, 1.165) is 0 Å². The molecule has 0 aromatic rings. The van der Waals surface area contributed by atoms with Crippen molar-refractivity contribution in [2.24, 2.45) is 5.92 Å². The third-order valence-corrected chi connectivity index (χ3v) is 1.69. The van der Waals surface area contributed by atoms with Gasteiger partial charge in [0.2, 0.25) is 0 Å². The first-order valence-corrected chi connectivity index (χ1v) is 4.35. The Labute approximate surface area is 79.7 Å². The zero-order valence-corrected chi connectivity index (χ0v) is 8.53. The van der Waals surface area contributed by atoms with Gasteiger partial charge in [-0.2, -0.15) is 5.26 Å². The molecule has 2 unspecified atom stereocenters. The largest absolute Gasteiger partial charge is 0.389 e. The highest BCUT2D eigenvalue weighted by Gasteiger charge is 2.10. The van der Waals surface area contributed by atoms with Gasteiger partial charge in [0.15, 0.2) is 0 Å². The number of aliphatic hydroxyl groups is 1. The van der Waals surface area contributed by atoms with Gasteiger partial charge >= 0.3 is 0 Å². The second-order valence-electron chi connectivity index (χ2n) is 3.36. The van der Waals surface area contributed by atoms with E-state index in [1.807, 2.05) is 18.9 Å². The summed E-state index contributed by atoms with van der Waals surface area (Å²) in [6.45, 7) is 3.42. The molecule has 0 aliphatic heterocycles. The van der Waals surface area contributed by atoms with Crippen molar-refractivity contribution in [1.29, 1.82) is 5.26 Å². The maximum absolute atomic E-state index is 9.36. The predicted molar refractivity (Wildman–Crippen MR) is 50.2 cm³/mol. The summed E-state index contributed by atoms with van der Waals surface area (Å²) >= 11 is 0. The number of aliphatic hydroxyl groups excluding tert-OH is 1. The van der Waals surface area contributed by atoms with Crippen molar-refractivity contribution in [3.05, 3.63) is 0 Å². The molecule has 0 saturated heterocycles. The van der Waals surface area contributed by atoms with Crippen LogP contribution in [0, 0.1) is 17.2 Å². The van der Waals surface area contributed by atoms with Crippen LogP contribution in [0.15, 0.2) is 0 Å². The second kappa shape index (κ2) is 6.84. The normalized spacial score (nSPS) is 15.4. The van der Waals surface area contributed by atoms with Crippen LogP contribution in [0.1, 0.15) is 6.92 Å². The summed E-state index contributed by atoms with van der Waals surface area (Å²) < 4.78 is 4.79. The zero-order chi connectivity index (χ0) is 10.3. The molecule has 0 radical (unpaired) electrons.